The van der Waals surface area contributed by atoms with Gasteiger partial charge in [-0.3, -0.25) is 0 Å². The largest absolute Gasteiger partial charge is 0.310 e. The zero-order valence-corrected chi connectivity index (χ0v) is 30.2. The van der Waals surface area contributed by atoms with Gasteiger partial charge in [-0.2, -0.15) is 0 Å². The molecule has 0 fully saturated rings. The van der Waals surface area contributed by atoms with Gasteiger partial charge < -0.3 is 4.90 Å². The summed E-state index contributed by atoms with van der Waals surface area (Å²) in [6.45, 7) is 0. The van der Waals surface area contributed by atoms with E-state index in [0.717, 1.165) is 17.1 Å². The Labute approximate surface area is 317 Å². The number of hydrogen-bond acceptors (Lipinski definition) is 2. The van der Waals surface area contributed by atoms with Crippen molar-refractivity contribution in [3.05, 3.63) is 200 Å². The second kappa shape index (κ2) is 12.4. The van der Waals surface area contributed by atoms with Crippen molar-refractivity contribution in [3.63, 3.8) is 0 Å². The summed E-state index contributed by atoms with van der Waals surface area (Å²) >= 11 is 1.86. The van der Waals surface area contributed by atoms with Crippen molar-refractivity contribution in [1.29, 1.82) is 0 Å². The maximum absolute atomic E-state index is 2.39. The average Bonchev–Trinajstić information content (AvgIpc) is 3.62. The molecule has 2 heteroatoms. The van der Waals surface area contributed by atoms with E-state index in [9.17, 15) is 0 Å². The lowest BCUT2D eigenvalue weighted by atomic mass is 9.97. The van der Waals surface area contributed by atoms with E-state index < -0.39 is 0 Å². The quantitative estimate of drug-likeness (QED) is 0.161. The van der Waals surface area contributed by atoms with Crippen LogP contribution in [0.4, 0.5) is 17.1 Å². The fourth-order valence-corrected chi connectivity index (χ4v) is 9.37. The zero-order valence-electron chi connectivity index (χ0n) is 29.4. The van der Waals surface area contributed by atoms with Crippen LogP contribution in [-0.2, 0) is 0 Å². The van der Waals surface area contributed by atoms with Crippen molar-refractivity contribution in [2.45, 2.75) is 0 Å². The summed E-state index contributed by atoms with van der Waals surface area (Å²) in [5.74, 6) is 0. The summed E-state index contributed by atoms with van der Waals surface area (Å²) in [4.78, 5) is 2.39. The summed E-state index contributed by atoms with van der Waals surface area (Å²) < 4.78 is 2.66. The van der Waals surface area contributed by atoms with Gasteiger partial charge in [-0.1, -0.05) is 140 Å². The number of hydrogen-bond donors (Lipinski definition) is 0. The lowest BCUT2D eigenvalue weighted by molar-refractivity contribution is 1.29. The van der Waals surface area contributed by atoms with Gasteiger partial charge in [-0.25, -0.2) is 0 Å². The summed E-state index contributed by atoms with van der Waals surface area (Å²) in [7, 11) is 0. The molecule has 0 aliphatic rings. The molecule has 11 aromatic rings. The highest BCUT2D eigenvalue weighted by Gasteiger charge is 2.16. The number of nitrogens with zero attached hydrogens (tertiary/aromatic N) is 1. The number of thiophene rings is 1. The van der Waals surface area contributed by atoms with Gasteiger partial charge in [0.1, 0.15) is 0 Å². The van der Waals surface area contributed by atoms with Gasteiger partial charge in [0.15, 0.2) is 0 Å². The van der Waals surface area contributed by atoms with Gasteiger partial charge in [0.2, 0.25) is 0 Å². The van der Waals surface area contributed by atoms with Crippen molar-refractivity contribution in [2.24, 2.45) is 0 Å². The van der Waals surface area contributed by atoms with Crippen molar-refractivity contribution < 1.29 is 0 Å². The summed E-state index contributed by atoms with van der Waals surface area (Å²) in [6.07, 6.45) is 0. The Kier molecular flexibility index (Phi) is 7.11. The van der Waals surface area contributed by atoms with Crippen molar-refractivity contribution >= 4 is 91.7 Å². The Morgan fingerprint density at radius 3 is 1.43 bits per heavy atom. The van der Waals surface area contributed by atoms with Gasteiger partial charge in [-0.05, 0) is 126 Å². The molecule has 0 bridgehead atoms. The molecule has 54 heavy (non-hydrogen) atoms. The SMILES string of the molecule is c1ccc2c(c1)ccc1cc(-c3ccc(N(c4ccc(-c5ccc6sc7ccccc7c6c5)cc4)c4ccc5ccc6ccccc6c5c4)cc3)ccc12. The molecule has 0 saturated carbocycles. The van der Waals surface area contributed by atoms with E-state index in [0.29, 0.717) is 0 Å². The topological polar surface area (TPSA) is 3.24 Å². The first-order chi connectivity index (χ1) is 26.7. The Hall–Kier alpha value is -6.74. The van der Waals surface area contributed by atoms with Crippen molar-refractivity contribution in [3.8, 4) is 22.3 Å². The number of fused-ring (bicyclic) bond motifs is 9. The van der Waals surface area contributed by atoms with Gasteiger partial charge in [0.25, 0.3) is 0 Å². The third-order valence-electron chi connectivity index (χ3n) is 11.0. The van der Waals surface area contributed by atoms with Gasteiger partial charge in [-0.15, -0.1) is 11.3 Å². The fourth-order valence-electron chi connectivity index (χ4n) is 8.28. The maximum atomic E-state index is 2.39. The molecule has 0 unspecified atom stereocenters. The Morgan fingerprint density at radius 2 is 0.722 bits per heavy atom. The first-order valence-corrected chi connectivity index (χ1v) is 19.3. The standard InChI is InChI=1S/C52H33NS/c1-3-9-45-36(7-1)15-16-41-31-39(22-29-47(41)45)34-17-24-42(25-18-34)53(44-28-21-38-14-13-37-8-2-4-10-46(37)49(38)33-44)43-26-19-35(20-27-43)40-23-30-52-50(32-40)48-11-5-6-12-51(48)54-52/h1-33H. The third-order valence-corrected chi connectivity index (χ3v) is 12.2. The molecule has 1 heterocycles. The first-order valence-electron chi connectivity index (χ1n) is 18.5. The Morgan fingerprint density at radius 1 is 0.259 bits per heavy atom. The van der Waals surface area contributed by atoms with Crippen LogP contribution in [-0.4, -0.2) is 0 Å². The van der Waals surface area contributed by atoms with Crippen LogP contribution >= 0.6 is 11.3 Å². The van der Waals surface area contributed by atoms with Crippen LogP contribution in [0.25, 0.3) is 85.5 Å². The molecule has 0 aliphatic heterocycles. The van der Waals surface area contributed by atoms with E-state index in [-0.39, 0.29) is 0 Å². The first kappa shape index (κ1) is 30.8. The molecule has 0 saturated heterocycles. The molecule has 0 spiro atoms. The molecule has 0 radical (unpaired) electrons. The number of benzene rings is 10. The van der Waals surface area contributed by atoms with Crippen LogP contribution < -0.4 is 4.90 Å². The van der Waals surface area contributed by atoms with Crippen LogP contribution in [0.15, 0.2) is 200 Å². The lowest BCUT2D eigenvalue weighted by Gasteiger charge is -2.26. The summed E-state index contributed by atoms with van der Waals surface area (Å²) in [5.41, 5.74) is 8.21. The van der Waals surface area contributed by atoms with E-state index in [1.54, 1.807) is 0 Å². The third kappa shape index (κ3) is 5.15. The molecule has 0 amide bonds. The predicted octanol–water partition coefficient (Wildman–Crippen LogP) is 15.5. The Balaban J connectivity index is 1.01. The molecular weight excluding hydrogens is 671 g/mol. The van der Waals surface area contributed by atoms with E-state index >= 15 is 0 Å². The maximum Gasteiger partial charge on any atom is 0.0468 e. The molecule has 0 N–H and O–H groups in total. The Bertz CT molecular complexity index is 3210. The van der Waals surface area contributed by atoms with Crippen molar-refractivity contribution in [2.75, 3.05) is 4.90 Å². The average molecular weight is 704 g/mol. The van der Waals surface area contributed by atoms with E-state index in [4.69, 9.17) is 0 Å². The van der Waals surface area contributed by atoms with E-state index in [1.807, 2.05) is 11.3 Å². The highest BCUT2D eigenvalue weighted by atomic mass is 32.1. The minimum atomic E-state index is 1.11. The van der Waals surface area contributed by atoms with Crippen LogP contribution in [0, 0.1) is 0 Å². The second-order valence-corrected chi connectivity index (χ2v) is 15.2. The predicted molar refractivity (Wildman–Crippen MR) is 235 cm³/mol. The minimum absolute atomic E-state index is 1.11. The summed E-state index contributed by atoms with van der Waals surface area (Å²) in [5, 5.41) is 12.8. The highest BCUT2D eigenvalue weighted by molar-refractivity contribution is 7.25. The van der Waals surface area contributed by atoms with Gasteiger partial charge in [0, 0.05) is 37.2 Å². The molecule has 1 nitrogen and oxygen atoms in total. The van der Waals surface area contributed by atoms with Crippen LogP contribution in [0.5, 0.6) is 0 Å². The monoisotopic (exact) mass is 703 g/mol. The van der Waals surface area contributed by atoms with Gasteiger partial charge >= 0.3 is 0 Å². The van der Waals surface area contributed by atoms with E-state index in [2.05, 4.69) is 205 Å². The molecule has 252 valence electrons. The van der Waals surface area contributed by atoms with E-state index in [1.165, 1.54) is 85.5 Å². The van der Waals surface area contributed by atoms with Crippen LogP contribution in [0.1, 0.15) is 0 Å². The normalized spacial score (nSPS) is 11.7. The van der Waals surface area contributed by atoms with Crippen LogP contribution in [0.3, 0.4) is 0 Å². The number of rotatable bonds is 5. The summed E-state index contributed by atoms with van der Waals surface area (Å²) in [6, 6.07) is 73.6. The van der Waals surface area contributed by atoms with Gasteiger partial charge in [0.05, 0.1) is 0 Å². The molecule has 11 rings (SSSR count). The highest BCUT2D eigenvalue weighted by Crippen LogP contribution is 2.41. The van der Waals surface area contributed by atoms with Crippen molar-refractivity contribution in [1.82, 2.24) is 0 Å². The molecule has 0 aliphatic carbocycles. The molecule has 10 aromatic carbocycles. The lowest BCUT2D eigenvalue weighted by Crippen LogP contribution is -2.09. The number of anilines is 3. The molecular formula is C52H33NS. The zero-order chi connectivity index (χ0) is 35.6. The molecule has 0 atom stereocenters. The molecule has 1 aromatic heterocycles. The smallest absolute Gasteiger partial charge is 0.0468 e. The second-order valence-electron chi connectivity index (χ2n) is 14.2. The minimum Gasteiger partial charge on any atom is -0.310 e. The fraction of sp³-hybridized carbons (Fsp3) is 0. The van der Waals surface area contributed by atoms with Crippen LogP contribution in [0.2, 0.25) is 0 Å².